The highest BCUT2D eigenvalue weighted by molar-refractivity contribution is 5.81. The molecular weight excluding hydrogens is 268 g/mol. The van der Waals surface area contributed by atoms with E-state index in [1.807, 2.05) is 13.8 Å². The van der Waals surface area contributed by atoms with Crippen molar-refractivity contribution in [3.8, 4) is 0 Å². The zero-order valence-electron chi connectivity index (χ0n) is 14.0. The summed E-state index contributed by atoms with van der Waals surface area (Å²) in [6.07, 6.45) is 2.31. The molecule has 1 aliphatic rings. The largest absolute Gasteiger partial charge is 0.481 e. The lowest BCUT2D eigenvalue weighted by molar-refractivity contribution is -0.154. The van der Waals surface area contributed by atoms with E-state index in [1.165, 1.54) is 0 Å². The first-order valence-electron chi connectivity index (χ1n) is 7.98. The summed E-state index contributed by atoms with van der Waals surface area (Å²) in [5, 5.41) is 9.34. The van der Waals surface area contributed by atoms with Gasteiger partial charge in [-0.25, -0.2) is 0 Å². The van der Waals surface area contributed by atoms with Gasteiger partial charge >= 0.3 is 5.97 Å². The minimum Gasteiger partial charge on any atom is -0.481 e. The van der Waals surface area contributed by atoms with Gasteiger partial charge in [0.2, 0.25) is 5.91 Å². The fourth-order valence-electron chi connectivity index (χ4n) is 3.10. The SMILES string of the molecule is CC1CC(=O)N(CCCCN(C)C(C)C)C(C)C1C(=O)O. The van der Waals surface area contributed by atoms with Crippen molar-refractivity contribution in [2.24, 2.45) is 11.8 Å². The maximum atomic E-state index is 12.1. The summed E-state index contributed by atoms with van der Waals surface area (Å²) >= 11 is 0. The molecule has 1 heterocycles. The average Bonchev–Trinajstić information content (AvgIpc) is 2.36. The summed E-state index contributed by atoms with van der Waals surface area (Å²) in [7, 11) is 2.10. The van der Waals surface area contributed by atoms with Gasteiger partial charge in [0, 0.05) is 25.0 Å². The Morgan fingerprint density at radius 1 is 1.38 bits per heavy atom. The molecule has 1 rings (SSSR count). The second-order valence-corrected chi connectivity index (χ2v) is 6.65. The van der Waals surface area contributed by atoms with Crippen LogP contribution in [0, 0.1) is 11.8 Å². The molecule has 1 aliphatic heterocycles. The number of hydrogen-bond acceptors (Lipinski definition) is 3. The topological polar surface area (TPSA) is 60.9 Å². The smallest absolute Gasteiger partial charge is 0.308 e. The third kappa shape index (κ3) is 4.70. The van der Waals surface area contributed by atoms with Crippen LogP contribution < -0.4 is 0 Å². The molecular formula is C16H30N2O3. The number of amides is 1. The Morgan fingerprint density at radius 2 is 2.00 bits per heavy atom. The number of hydrogen-bond donors (Lipinski definition) is 1. The molecule has 1 saturated heterocycles. The molecule has 0 aliphatic carbocycles. The van der Waals surface area contributed by atoms with Crippen LogP contribution >= 0.6 is 0 Å². The van der Waals surface area contributed by atoms with Crippen LogP contribution in [-0.2, 0) is 9.59 Å². The normalized spacial score (nSPS) is 26.7. The van der Waals surface area contributed by atoms with E-state index in [0.29, 0.717) is 19.0 Å². The molecule has 1 fully saturated rings. The Kier molecular flexibility index (Phi) is 6.65. The molecule has 1 N–H and O–H groups in total. The number of aliphatic carboxylic acids is 1. The Bertz CT molecular complexity index is 371. The molecule has 5 heteroatoms. The summed E-state index contributed by atoms with van der Waals surface area (Å²) in [6, 6.07) is 0.319. The number of nitrogens with zero attached hydrogens (tertiary/aromatic N) is 2. The van der Waals surface area contributed by atoms with Crippen LogP contribution in [0.1, 0.15) is 47.0 Å². The fourth-order valence-corrected chi connectivity index (χ4v) is 3.10. The van der Waals surface area contributed by atoms with E-state index < -0.39 is 11.9 Å². The van der Waals surface area contributed by atoms with Crippen LogP contribution in [0.5, 0.6) is 0 Å². The molecule has 0 bridgehead atoms. The van der Waals surface area contributed by atoms with Gasteiger partial charge in [-0.3, -0.25) is 9.59 Å². The van der Waals surface area contributed by atoms with Gasteiger partial charge in [-0.15, -0.1) is 0 Å². The maximum absolute atomic E-state index is 12.1. The average molecular weight is 298 g/mol. The van der Waals surface area contributed by atoms with E-state index in [9.17, 15) is 14.7 Å². The maximum Gasteiger partial charge on any atom is 0.308 e. The first kappa shape index (κ1) is 18.0. The van der Waals surface area contributed by atoms with Crippen LogP contribution in [0.2, 0.25) is 0 Å². The molecule has 1 amide bonds. The Labute approximate surface area is 128 Å². The molecule has 0 radical (unpaired) electrons. The number of carboxylic acid groups (broad SMARTS) is 1. The quantitative estimate of drug-likeness (QED) is 0.731. The molecule has 0 aromatic rings. The molecule has 0 aromatic carbocycles. The van der Waals surface area contributed by atoms with E-state index >= 15 is 0 Å². The van der Waals surface area contributed by atoms with Gasteiger partial charge in [0.1, 0.15) is 0 Å². The number of likely N-dealkylation sites (tertiary alicyclic amines) is 1. The van der Waals surface area contributed by atoms with Crippen LogP contribution in [0.4, 0.5) is 0 Å². The number of carboxylic acids is 1. The van der Waals surface area contributed by atoms with Crippen LogP contribution in [0.3, 0.4) is 0 Å². The lowest BCUT2D eigenvalue weighted by Gasteiger charge is -2.40. The molecule has 0 spiro atoms. The van der Waals surface area contributed by atoms with E-state index in [1.54, 1.807) is 4.90 Å². The number of rotatable bonds is 7. The molecule has 5 nitrogen and oxygen atoms in total. The summed E-state index contributed by atoms with van der Waals surface area (Å²) < 4.78 is 0. The predicted molar refractivity (Wildman–Crippen MR) is 83.1 cm³/mol. The first-order chi connectivity index (χ1) is 9.75. The molecule has 21 heavy (non-hydrogen) atoms. The van der Waals surface area contributed by atoms with Crippen molar-refractivity contribution in [1.29, 1.82) is 0 Å². The van der Waals surface area contributed by atoms with E-state index in [2.05, 4.69) is 25.8 Å². The third-order valence-electron chi connectivity index (χ3n) is 4.77. The van der Waals surface area contributed by atoms with Crippen LogP contribution in [-0.4, -0.2) is 59.0 Å². The molecule has 0 aromatic heterocycles. The highest BCUT2D eigenvalue weighted by Gasteiger charge is 2.41. The van der Waals surface area contributed by atoms with Crippen molar-refractivity contribution in [2.45, 2.75) is 59.0 Å². The second kappa shape index (κ2) is 7.78. The van der Waals surface area contributed by atoms with Crippen molar-refractivity contribution in [2.75, 3.05) is 20.1 Å². The summed E-state index contributed by atoms with van der Waals surface area (Å²) in [4.78, 5) is 27.6. The molecule has 3 unspecified atom stereocenters. The second-order valence-electron chi connectivity index (χ2n) is 6.65. The Hall–Kier alpha value is -1.10. The lowest BCUT2D eigenvalue weighted by Crippen LogP contribution is -2.53. The van der Waals surface area contributed by atoms with Gasteiger partial charge in [0.25, 0.3) is 0 Å². The fraction of sp³-hybridized carbons (Fsp3) is 0.875. The highest BCUT2D eigenvalue weighted by atomic mass is 16.4. The number of carbonyl (C=O) groups is 2. The van der Waals surface area contributed by atoms with Crippen molar-refractivity contribution in [1.82, 2.24) is 9.80 Å². The number of carbonyl (C=O) groups excluding carboxylic acids is 1. The molecule has 3 atom stereocenters. The number of piperidine rings is 1. The zero-order chi connectivity index (χ0) is 16.2. The van der Waals surface area contributed by atoms with Crippen molar-refractivity contribution < 1.29 is 14.7 Å². The standard InChI is InChI=1S/C16H30N2O3/c1-11(2)17(5)8-6-7-9-18-13(4)15(16(20)21)12(3)10-14(18)19/h11-13,15H,6-10H2,1-5H3,(H,20,21). The minimum atomic E-state index is -0.785. The highest BCUT2D eigenvalue weighted by Crippen LogP contribution is 2.30. The zero-order valence-corrected chi connectivity index (χ0v) is 14.0. The van der Waals surface area contributed by atoms with Gasteiger partial charge in [0.05, 0.1) is 5.92 Å². The minimum absolute atomic E-state index is 0.0756. The Morgan fingerprint density at radius 3 is 2.52 bits per heavy atom. The third-order valence-corrected chi connectivity index (χ3v) is 4.77. The van der Waals surface area contributed by atoms with Gasteiger partial charge in [-0.2, -0.15) is 0 Å². The Balaban J connectivity index is 2.49. The van der Waals surface area contributed by atoms with E-state index in [0.717, 1.165) is 19.4 Å². The molecule has 122 valence electrons. The van der Waals surface area contributed by atoms with Gasteiger partial charge in [0.15, 0.2) is 0 Å². The van der Waals surface area contributed by atoms with Gasteiger partial charge in [-0.05, 0) is 53.1 Å². The van der Waals surface area contributed by atoms with Crippen molar-refractivity contribution in [3.63, 3.8) is 0 Å². The van der Waals surface area contributed by atoms with Gasteiger partial charge < -0.3 is 14.9 Å². The van der Waals surface area contributed by atoms with Crippen LogP contribution in [0.15, 0.2) is 0 Å². The summed E-state index contributed by atoms with van der Waals surface area (Å²) in [6.45, 7) is 9.73. The number of unbranched alkanes of at least 4 members (excludes halogenated alkanes) is 1. The van der Waals surface area contributed by atoms with E-state index in [-0.39, 0.29) is 17.9 Å². The first-order valence-corrected chi connectivity index (χ1v) is 7.98. The van der Waals surface area contributed by atoms with E-state index in [4.69, 9.17) is 0 Å². The summed E-state index contributed by atoms with van der Waals surface area (Å²) in [5.74, 6) is -1.20. The summed E-state index contributed by atoms with van der Waals surface area (Å²) in [5.41, 5.74) is 0. The molecule has 0 saturated carbocycles. The monoisotopic (exact) mass is 298 g/mol. The van der Waals surface area contributed by atoms with Crippen molar-refractivity contribution >= 4 is 11.9 Å². The predicted octanol–water partition coefficient (Wildman–Crippen LogP) is 2.06. The van der Waals surface area contributed by atoms with Crippen LogP contribution in [0.25, 0.3) is 0 Å². The lowest BCUT2D eigenvalue weighted by atomic mass is 9.81. The van der Waals surface area contributed by atoms with Crippen molar-refractivity contribution in [3.05, 3.63) is 0 Å². The van der Waals surface area contributed by atoms with Gasteiger partial charge in [-0.1, -0.05) is 6.92 Å².